The smallest absolute Gasteiger partial charge is 0.246 e. The molecule has 0 bridgehead atoms. The van der Waals surface area contributed by atoms with Crippen molar-refractivity contribution in [2.75, 3.05) is 19.6 Å². The first-order valence-electron chi connectivity index (χ1n) is 9.11. The molecule has 150 valence electrons. The Labute approximate surface area is 164 Å². The zero-order valence-corrected chi connectivity index (χ0v) is 16.4. The molecule has 1 N–H and O–H groups in total. The number of hydrogen-bond acceptors (Lipinski definition) is 4. The van der Waals surface area contributed by atoms with Gasteiger partial charge in [0.15, 0.2) is 0 Å². The molecule has 1 aliphatic rings. The maximum absolute atomic E-state index is 13.2. The molecule has 1 fully saturated rings. The maximum atomic E-state index is 13.2. The fraction of sp³-hybridized carbons (Fsp3) is 0.350. The molecular weight excluding hydrogens is 383 g/mol. The molecule has 0 spiro atoms. The van der Waals surface area contributed by atoms with Crippen LogP contribution in [-0.4, -0.2) is 38.9 Å². The quantitative estimate of drug-likeness (QED) is 0.748. The number of hydrogen-bond donors (Lipinski definition) is 1. The first-order valence-corrected chi connectivity index (χ1v) is 10.6. The van der Waals surface area contributed by atoms with E-state index >= 15 is 0 Å². The van der Waals surface area contributed by atoms with Crippen LogP contribution in [0.15, 0.2) is 52.0 Å². The summed E-state index contributed by atoms with van der Waals surface area (Å²) in [5.41, 5.74) is 0.372. The van der Waals surface area contributed by atoms with Gasteiger partial charge in [-0.3, -0.25) is 4.79 Å². The Morgan fingerprint density at radius 1 is 1.32 bits per heavy atom. The molecule has 8 heteroatoms. The Balaban J connectivity index is 1.49. The average molecular weight is 406 g/mol. The number of furan rings is 1. The number of piperidine rings is 1. The van der Waals surface area contributed by atoms with Gasteiger partial charge in [-0.05, 0) is 67.7 Å². The minimum atomic E-state index is -3.69. The molecule has 0 aliphatic carbocycles. The highest BCUT2D eigenvalue weighted by atomic mass is 32.2. The molecule has 2 heterocycles. The van der Waals surface area contributed by atoms with Crippen molar-refractivity contribution < 1.29 is 22.0 Å². The number of amides is 1. The fourth-order valence-corrected chi connectivity index (χ4v) is 4.56. The van der Waals surface area contributed by atoms with E-state index in [4.69, 9.17) is 4.42 Å². The second kappa shape index (κ2) is 8.70. The van der Waals surface area contributed by atoms with E-state index in [1.54, 1.807) is 36.3 Å². The summed E-state index contributed by atoms with van der Waals surface area (Å²) in [7, 11) is -3.69. The number of nitrogens with one attached hydrogen (secondary N) is 1. The molecule has 1 saturated heterocycles. The lowest BCUT2D eigenvalue weighted by Crippen LogP contribution is -2.41. The van der Waals surface area contributed by atoms with Crippen LogP contribution in [0, 0.1) is 18.7 Å². The normalized spacial score (nSPS) is 16.0. The average Bonchev–Trinajstić information content (AvgIpc) is 3.18. The molecular formula is C20H23FN2O4S. The van der Waals surface area contributed by atoms with Gasteiger partial charge in [-0.2, -0.15) is 0 Å². The third-order valence-electron chi connectivity index (χ3n) is 4.85. The summed E-state index contributed by atoms with van der Waals surface area (Å²) in [6.45, 7) is 3.01. The number of carbonyl (C=O) groups excluding carboxylic acids is 1. The molecule has 1 aromatic carbocycles. The monoisotopic (exact) mass is 406 g/mol. The van der Waals surface area contributed by atoms with Crippen LogP contribution in [0.1, 0.15) is 24.2 Å². The van der Waals surface area contributed by atoms with Gasteiger partial charge in [0.25, 0.3) is 0 Å². The number of nitrogens with zero attached hydrogens (tertiary/aromatic N) is 1. The summed E-state index contributed by atoms with van der Waals surface area (Å²) in [5, 5.41) is 0. The Bertz CT molecular complexity index is 947. The summed E-state index contributed by atoms with van der Waals surface area (Å²) in [6.07, 6.45) is 6.09. The lowest BCUT2D eigenvalue weighted by Gasteiger charge is -2.31. The standard InChI is InChI=1S/C20H23FN2O4S/c1-15-13-17(21)4-6-19(15)28(25,26)22-14-16-8-10-23(11-9-16)20(24)7-5-18-3-2-12-27-18/h2-7,12-13,16,22H,8-11,14H2,1H3/b7-5+. The van der Waals surface area contributed by atoms with Crippen molar-refractivity contribution in [2.45, 2.75) is 24.7 Å². The van der Waals surface area contributed by atoms with Gasteiger partial charge in [-0.1, -0.05) is 0 Å². The van der Waals surface area contributed by atoms with Gasteiger partial charge in [-0.25, -0.2) is 17.5 Å². The van der Waals surface area contributed by atoms with E-state index in [0.717, 1.165) is 6.07 Å². The second-order valence-corrected chi connectivity index (χ2v) is 8.61. The molecule has 1 aromatic heterocycles. The van der Waals surface area contributed by atoms with E-state index in [2.05, 4.69) is 4.72 Å². The molecule has 1 aliphatic heterocycles. The molecule has 1 amide bonds. The van der Waals surface area contributed by atoms with E-state index in [1.807, 2.05) is 0 Å². The highest BCUT2D eigenvalue weighted by molar-refractivity contribution is 7.89. The van der Waals surface area contributed by atoms with Gasteiger partial charge in [0.05, 0.1) is 11.2 Å². The van der Waals surface area contributed by atoms with E-state index in [1.165, 1.54) is 18.2 Å². The van der Waals surface area contributed by atoms with Gasteiger partial charge < -0.3 is 9.32 Å². The Morgan fingerprint density at radius 2 is 2.07 bits per heavy atom. The molecule has 0 radical (unpaired) electrons. The van der Waals surface area contributed by atoms with E-state index in [0.29, 0.717) is 43.8 Å². The van der Waals surface area contributed by atoms with Crippen LogP contribution in [0.25, 0.3) is 6.08 Å². The third-order valence-corrected chi connectivity index (χ3v) is 6.43. The summed E-state index contributed by atoms with van der Waals surface area (Å²) < 4.78 is 45.9. The third kappa shape index (κ3) is 5.08. The maximum Gasteiger partial charge on any atom is 0.246 e. The van der Waals surface area contributed by atoms with E-state index < -0.39 is 15.8 Å². The van der Waals surface area contributed by atoms with Crippen molar-refractivity contribution in [1.29, 1.82) is 0 Å². The number of sulfonamides is 1. The molecule has 3 rings (SSSR count). The lowest BCUT2D eigenvalue weighted by atomic mass is 9.97. The Morgan fingerprint density at radius 3 is 2.71 bits per heavy atom. The molecule has 0 saturated carbocycles. The van der Waals surface area contributed by atoms with E-state index in [9.17, 15) is 17.6 Å². The Kier molecular flexibility index (Phi) is 6.31. The molecule has 0 unspecified atom stereocenters. The number of rotatable bonds is 6. The van der Waals surface area contributed by atoms with Crippen molar-refractivity contribution in [1.82, 2.24) is 9.62 Å². The van der Waals surface area contributed by atoms with Gasteiger partial charge in [0, 0.05) is 25.7 Å². The highest BCUT2D eigenvalue weighted by Gasteiger charge is 2.24. The minimum Gasteiger partial charge on any atom is -0.465 e. The van der Waals surface area contributed by atoms with Crippen LogP contribution in [-0.2, 0) is 14.8 Å². The number of halogens is 1. The zero-order chi connectivity index (χ0) is 20.1. The van der Waals surface area contributed by atoms with Gasteiger partial charge in [0.2, 0.25) is 15.9 Å². The van der Waals surface area contributed by atoms with Crippen molar-refractivity contribution in [2.24, 2.45) is 5.92 Å². The molecule has 28 heavy (non-hydrogen) atoms. The Hall–Kier alpha value is -2.45. The fourth-order valence-electron chi connectivity index (χ4n) is 3.22. The van der Waals surface area contributed by atoms with Crippen LogP contribution >= 0.6 is 0 Å². The summed E-state index contributed by atoms with van der Waals surface area (Å²) in [4.78, 5) is 14.1. The zero-order valence-electron chi connectivity index (χ0n) is 15.6. The number of aryl methyl sites for hydroxylation is 1. The van der Waals surface area contributed by atoms with Crippen LogP contribution in [0.3, 0.4) is 0 Å². The largest absolute Gasteiger partial charge is 0.465 e. The lowest BCUT2D eigenvalue weighted by molar-refractivity contribution is -0.127. The van der Waals surface area contributed by atoms with Crippen LogP contribution in [0.2, 0.25) is 0 Å². The molecule has 2 aromatic rings. The topological polar surface area (TPSA) is 79.6 Å². The predicted octanol–water partition coefficient (Wildman–Crippen LogP) is 2.96. The van der Waals surface area contributed by atoms with Crippen LogP contribution < -0.4 is 4.72 Å². The first-order chi connectivity index (χ1) is 13.3. The summed E-state index contributed by atoms with van der Waals surface area (Å²) >= 11 is 0. The van der Waals surface area contributed by atoms with Gasteiger partial charge in [0.1, 0.15) is 11.6 Å². The van der Waals surface area contributed by atoms with Crippen molar-refractivity contribution in [3.05, 3.63) is 59.8 Å². The van der Waals surface area contributed by atoms with E-state index in [-0.39, 0.29) is 16.7 Å². The number of likely N-dealkylation sites (tertiary alicyclic amines) is 1. The second-order valence-electron chi connectivity index (χ2n) is 6.88. The predicted molar refractivity (Wildman–Crippen MR) is 103 cm³/mol. The summed E-state index contributed by atoms with van der Waals surface area (Å²) in [6, 6.07) is 7.14. The van der Waals surface area contributed by atoms with Crippen LogP contribution in [0.5, 0.6) is 0 Å². The van der Waals surface area contributed by atoms with Crippen LogP contribution in [0.4, 0.5) is 4.39 Å². The van der Waals surface area contributed by atoms with Gasteiger partial charge >= 0.3 is 0 Å². The highest BCUT2D eigenvalue weighted by Crippen LogP contribution is 2.20. The summed E-state index contributed by atoms with van der Waals surface area (Å²) in [5.74, 6) is 0.217. The van der Waals surface area contributed by atoms with Crippen molar-refractivity contribution in [3.8, 4) is 0 Å². The van der Waals surface area contributed by atoms with Crippen molar-refractivity contribution >= 4 is 22.0 Å². The molecule has 0 atom stereocenters. The number of benzene rings is 1. The van der Waals surface area contributed by atoms with Crippen molar-refractivity contribution in [3.63, 3.8) is 0 Å². The number of carbonyl (C=O) groups is 1. The SMILES string of the molecule is Cc1cc(F)ccc1S(=O)(=O)NCC1CCN(C(=O)/C=C/c2ccco2)CC1. The molecule has 6 nitrogen and oxygen atoms in total. The minimum absolute atomic E-state index is 0.0858. The first kappa shape index (κ1) is 20.3. The van der Waals surface area contributed by atoms with Gasteiger partial charge in [-0.15, -0.1) is 0 Å².